The number of hydrogen-bond acceptors (Lipinski definition) is 4. The second-order valence-corrected chi connectivity index (χ2v) is 13.4. The lowest BCUT2D eigenvalue weighted by Gasteiger charge is -2.34. The van der Waals surface area contributed by atoms with E-state index in [4.69, 9.17) is 23.2 Å². The van der Waals surface area contributed by atoms with E-state index < -0.39 is 34.3 Å². The maximum atomic E-state index is 15.1. The molecule has 0 aliphatic heterocycles. The average Bonchev–Trinajstić information content (AvgIpc) is 2.98. The minimum absolute atomic E-state index is 0.00650. The molecule has 1 atom stereocenters. The number of nitrogens with one attached hydrogen (secondary N) is 1. The molecular weight excluding hydrogens is 612 g/mol. The van der Waals surface area contributed by atoms with Crippen LogP contribution in [0, 0.1) is 12.7 Å². The second-order valence-electron chi connectivity index (χ2n) is 10.8. The molecular formula is C32H36Cl2FN3O4S. The molecule has 1 saturated carbocycles. The van der Waals surface area contributed by atoms with Crippen LogP contribution >= 0.6 is 23.2 Å². The molecule has 1 fully saturated rings. The molecule has 0 radical (unpaired) electrons. The summed E-state index contributed by atoms with van der Waals surface area (Å²) in [4.78, 5) is 29.1. The van der Waals surface area contributed by atoms with E-state index in [9.17, 15) is 18.0 Å². The van der Waals surface area contributed by atoms with Crippen molar-refractivity contribution in [1.29, 1.82) is 0 Å². The van der Waals surface area contributed by atoms with Gasteiger partial charge in [0.1, 0.15) is 18.4 Å². The minimum Gasteiger partial charge on any atom is -0.352 e. The van der Waals surface area contributed by atoms with E-state index in [0.29, 0.717) is 15.6 Å². The van der Waals surface area contributed by atoms with Gasteiger partial charge in [-0.3, -0.25) is 13.9 Å². The first-order valence-electron chi connectivity index (χ1n) is 14.4. The van der Waals surface area contributed by atoms with Crippen LogP contribution in [0.25, 0.3) is 0 Å². The van der Waals surface area contributed by atoms with Crippen LogP contribution in [0.15, 0.2) is 71.6 Å². The molecule has 11 heteroatoms. The number of amides is 2. The lowest BCUT2D eigenvalue weighted by Crippen LogP contribution is -2.54. The van der Waals surface area contributed by atoms with Crippen LogP contribution < -0.4 is 9.62 Å². The maximum absolute atomic E-state index is 15.1. The molecule has 2 amide bonds. The predicted molar refractivity (Wildman–Crippen MR) is 168 cm³/mol. The third-order valence-corrected chi connectivity index (χ3v) is 10.2. The van der Waals surface area contributed by atoms with E-state index in [2.05, 4.69) is 5.32 Å². The number of nitrogens with zero attached hydrogens (tertiary/aromatic N) is 2. The van der Waals surface area contributed by atoms with Crippen molar-refractivity contribution in [1.82, 2.24) is 10.2 Å². The van der Waals surface area contributed by atoms with Gasteiger partial charge in [0.25, 0.3) is 10.0 Å². The highest BCUT2D eigenvalue weighted by Crippen LogP contribution is 2.30. The number of hydrogen-bond donors (Lipinski definition) is 1. The highest BCUT2D eigenvalue weighted by atomic mass is 35.5. The Labute approximate surface area is 263 Å². The van der Waals surface area contributed by atoms with Crippen LogP contribution in [0.5, 0.6) is 0 Å². The molecule has 0 unspecified atom stereocenters. The fraction of sp³-hybridized carbons (Fsp3) is 0.375. The molecule has 3 aromatic carbocycles. The standard InChI is InChI=1S/C32H36Cl2FN3O4S/c1-3-29(32(40)36-23-10-5-4-6-11-23)37(20-25-26(33)12-9-13-27(25)34)31(39)21-38(30-15-8-7-14-28(30)35)43(41,42)24-18-16-22(2)17-19-24/h7-9,12-19,23,29H,3-6,10-11,20-21H2,1-2H3,(H,36,40)/t29-/m0/s1. The Morgan fingerprint density at radius 1 is 0.953 bits per heavy atom. The summed E-state index contributed by atoms with van der Waals surface area (Å²) < 4.78 is 43.7. The Balaban J connectivity index is 1.75. The fourth-order valence-electron chi connectivity index (χ4n) is 5.32. The molecule has 0 aromatic heterocycles. The predicted octanol–water partition coefficient (Wildman–Crippen LogP) is 6.89. The van der Waals surface area contributed by atoms with Crippen molar-refractivity contribution in [3.05, 3.63) is 93.7 Å². The first-order chi connectivity index (χ1) is 20.5. The maximum Gasteiger partial charge on any atom is 0.264 e. The molecule has 0 saturated heterocycles. The summed E-state index contributed by atoms with van der Waals surface area (Å²) in [5.41, 5.74) is 0.971. The zero-order valence-corrected chi connectivity index (χ0v) is 26.6. The third-order valence-electron chi connectivity index (χ3n) is 7.74. The van der Waals surface area contributed by atoms with E-state index in [0.717, 1.165) is 48.0 Å². The number of anilines is 1. The Kier molecular flexibility index (Phi) is 11.1. The molecule has 0 spiro atoms. The minimum atomic E-state index is -4.39. The largest absolute Gasteiger partial charge is 0.352 e. The van der Waals surface area contributed by atoms with Gasteiger partial charge in [0.15, 0.2) is 0 Å². The summed E-state index contributed by atoms with van der Waals surface area (Å²) in [7, 11) is -4.39. The Bertz CT molecular complexity index is 1530. The summed E-state index contributed by atoms with van der Waals surface area (Å²) in [6.45, 7) is 2.68. The summed E-state index contributed by atoms with van der Waals surface area (Å²) in [5.74, 6) is -1.86. The van der Waals surface area contributed by atoms with Crippen LogP contribution in [0.4, 0.5) is 10.1 Å². The smallest absolute Gasteiger partial charge is 0.264 e. The lowest BCUT2D eigenvalue weighted by atomic mass is 9.95. The number of sulfonamides is 1. The molecule has 43 heavy (non-hydrogen) atoms. The van der Waals surface area contributed by atoms with Crippen molar-refractivity contribution < 1.29 is 22.4 Å². The second kappa shape index (κ2) is 14.6. The average molecular weight is 649 g/mol. The number of rotatable bonds is 11. The Morgan fingerprint density at radius 2 is 1.58 bits per heavy atom. The molecule has 1 N–H and O–H groups in total. The fourth-order valence-corrected chi connectivity index (χ4v) is 7.26. The van der Waals surface area contributed by atoms with Crippen LogP contribution in [-0.2, 0) is 26.2 Å². The van der Waals surface area contributed by atoms with Crippen molar-refractivity contribution in [3.63, 3.8) is 0 Å². The molecule has 0 heterocycles. The van der Waals surface area contributed by atoms with Crippen molar-refractivity contribution in [2.24, 2.45) is 0 Å². The van der Waals surface area contributed by atoms with Gasteiger partial charge in [-0.05, 0) is 62.6 Å². The highest BCUT2D eigenvalue weighted by Gasteiger charge is 2.35. The summed E-state index contributed by atoms with van der Waals surface area (Å²) >= 11 is 12.9. The number of carbonyl (C=O) groups excluding carboxylic acids is 2. The molecule has 0 bridgehead atoms. The van der Waals surface area contributed by atoms with E-state index in [1.807, 2.05) is 6.92 Å². The third kappa shape index (κ3) is 7.88. The van der Waals surface area contributed by atoms with Gasteiger partial charge in [0.05, 0.1) is 10.6 Å². The Morgan fingerprint density at radius 3 is 2.19 bits per heavy atom. The van der Waals surface area contributed by atoms with Crippen molar-refractivity contribution in [2.75, 3.05) is 10.8 Å². The van der Waals surface area contributed by atoms with Crippen LogP contribution in [0.1, 0.15) is 56.6 Å². The number of halogens is 3. The van der Waals surface area contributed by atoms with Gasteiger partial charge >= 0.3 is 0 Å². The zero-order chi connectivity index (χ0) is 31.1. The van der Waals surface area contributed by atoms with Gasteiger partial charge < -0.3 is 10.2 Å². The van der Waals surface area contributed by atoms with Gasteiger partial charge in [-0.2, -0.15) is 0 Å². The summed E-state index contributed by atoms with van der Waals surface area (Å²) in [5, 5.41) is 3.68. The van der Waals surface area contributed by atoms with Gasteiger partial charge in [-0.1, -0.05) is 85.3 Å². The quantitative estimate of drug-likeness (QED) is 0.245. The van der Waals surface area contributed by atoms with E-state index in [-0.39, 0.29) is 35.5 Å². The van der Waals surface area contributed by atoms with E-state index in [1.54, 1.807) is 37.3 Å². The van der Waals surface area contributed by atoms with Crippen molar-refractivity contribution in [3.8, 4) is 0 Å². The van der Waals surface area contributed by atoms with Crippen LogP contribution in [-0.4, -0.2) is 43.8 Å². The molecule has 230 valence electrons. The van der Waals surface area contributed by atoms with Crippen molar-refractivity contribution in [2.45, 2.75) is 75.9 Å². The van der Waals surface area contributed by atoms with Gasteiger partial charge in [0, 0.05) is 28.2 Å². The monoisotopic (exact) mass is 647 g/mol. The van der Waals surface area contributed by atoms with Gasteiger partial charge in [-0.15, -0.1) is 0 Å². The van der Waals surface area contributed by atoms with Gasteiger partial charge in [0.2, 0.25) is 11.8 Å². The first-order valence-corrected chi connectivity index (χ1v) is 16.6. The molecule has 1 aliphatic carbocycles. The SMILES string of the molecule is CC[C@@H](C(=O)NC1CCCCC1)N(Cc1c(Cl)cccc1Cl)C(=O)CN(c1ccccc1F)S(=O)(=O)c1ccc(C)cc1. The normalized spacial score (nSPS) is 14.6. The van der Waals surface area contributed by atoms with Gasteiger partial charge in [-0.25, -0.2) is 12.8 Å². The number of carbonyl (C=O) groups is 2. The Hall–Kier alpha value is -3.14. The number of para-hydroxylation sites is 1. The summed E-state index contributed by atoms with van der Waals surface area (Å²) in [6, 6.07) is 15.4. The van der Waals surface area contributed by atoms with Crippen LogP contribution in [0.2, 0.25) is 10.0 Å². The molecule has 1 aliphatic rings. The van der Waals surface area contributed by atoms with E-state index in [1.165, 1.54) is 35.2 Å². The number of benzene rings is 3. The lowest BCUT2D eigenvalue weighted by molar-refractivity contribution is -0.140. The molecule has 3 aromatic rings. The molecule has 7 nitrogen and oxygen atoms in total. The zero-order valence-electron chi connectivity index (χ0n) is 24.2. The topological polar surface area (TPSA) is 86.8 Å². The van der Waals surface area contributed by atoms with Crippen LogP contribution in [0.3, 0.4) is 0 Å². The first kappa shape index (κ1) is 32.8. The van der Waals surface area contributed by atoms with E-state index >= 15 is 4.39 Å². The highest BCUT2D eigenvalue weighted by molar-refractivity contribution is 7.92. The summed E-state index contributed by atoms with van der Waals surface area (Å²) in [6.07, 6.45) is 5.07. The van der Waals surface area contributed by atoms with Crippen molar-refractivity contribution >= 4 is 50.7 Å². The molecule has 4 rings (SSSR count). The number of aryl methyl sites for hydroxylation is 1.